The van der Waals surface area contributed by atoms with Crippen LogP contribution < -0.4 is 0 Å². The van der Waals surface area contributed by atoms with Gasteiger partial charge in [0.1, 0.15) is 11.4 Å². The van der Waals surface area contributed by atoms with E-state index in [9.17, 15) is 5.21 Å². The highest BCUT2D eigenvalue weighted by atomic mass is 16.5. The summed E-state index contributed by atoms with van der Waals surface area (Å²) in [5, 5.41) is 13.6. The van der Waals surface area contributed by atoms with Crippen LogP contribution in [0.25, 0.3) is 11.4 Å². The maximum absolute atomic E-state index is 12.7. The summed E-state index contributed by atoms with van der Waals surface area (Å²) in [5.74, 6) is 2.86. The first kappa shape index (κ1) is 16.2. The second-order valence-corrected chi connectivity index (χ2v) is 6.81. The average Bonchev–Trinajstić information content (AvgIpc) is 2.74. The van der Waals surface area contributed by atoms with E-state index < -0.39 is 11.1 Å². The molecule has 1 aliphatic rings. The molecule has 0 aromatic carbocycles. The van der Waals surface area contributed by atoms with E-state index in [0.717, 1.165) is 5.06 Å². The van der Waals surface area contributed by atoms with E-state index in [1.807, 2.05) is 52.0 Å². The lowest BCUT2D eigenvalue weighted by Gasteiger charge is -2.35. The molecular formula is C19H19N4O. The summed E-state index contributed by atoms with van der Waals surface area (Å²) in [5.41, 5.74) is 1.27. The molecule has 0 saturated heterocycles. The van der Waals surface area contributed by atoms with Gasteiger partial charge < -0.3 is 0 Å². The van der Waals surface area contributed by atoms with Gasteiger partial charge in [0.2, 0.25) is 0 Å². The van der Waals surface area contributed by atoms with Gasteiger partial charge in [0.15, 0.2) is 5.84 Å². The quantitative estimate of drug-likeness (QED) is 0.799. The minimum absolute atomic E-state index is 0.347. The molecule has 0 saturated carbocycles. The molecule has 0 atom stereocenters. The van der Waals surface area contributed by atoms with Crippen LogP contribution in [0.1, 0.15) is 39.1 Å². The molecule has 0 unspecified atom stereocenters. The van der Waals surface area contributed by atoms with Crippen molar-refractivity contribution >= 4 is 5.84 Å². The van der Waals surface area contributed by atoms with Crippen molar-refractivity contribution in [3.8, 4) is 23.7 Å². The summed E-state index contributed by atoms with van der Waals surface area (Å²) in [4.78, 5) is 13.6. The molecule has 5 heteroatoms. The Balaban J connectivity index is 2.05. The fraction of sp³-hybridized carbons (Fsp3) is 0.316. The normalized spacial score (nSPS) is 18.2. The molecule has 0 bridgehead atoms. The number of nitrogens with zero attached hydrogens (tertiary/aromatic N) is 4. The molecule has 3 rings (SSSR count). The molecule has 121 valence electrons. The van der Waals surface area contributed by atoms with Crippen LogP contribution in [0.15, 0.2) is 41.4 Å². The lowest BCUT2D eigenvalue weighted by atomic mass is 9.84. The van der Waals surface area contributed by atoms with Crippen LogP contribution in [0, 0.1) is 12.3 Å². The minimum Gasteiger partial charge on any atom is -0.256 e. The van der Waals surface area contributed by atoms with E-state index >= 15 is 0 Å². The van der Waals surface area contributed by atoms with Crippen LogP contribution in [0.4, 0.5) is 0 Å². The number of rotatable bonds is 2. The van der Waals surface area contributed by atoms with Gasteiger partial charge in [-0.25, -0.2) is 9.97 Å². The first-order valence-corrected chi connectivity index (χ1v) is 7.75. The smallest absolute Gasteiger partial charge is 0.178 e. The topological polar surface area (TPSA) is 61.3 Å². The van der Waals surface area contributed by atoms with Gasteiger partial charge in [-0.1, -0.05) is 23.3 Å². The molecular weight excluding hydrogens is 300 g/mol. The van der Waals surface area contributed by atoms with E-state index in [4.69, 9.17) is 6.42 Å². The van der Waals surface area contributed by atoms with Gasteiger partial charge in [-0.2, -0.15) is 5.06 Å². The number of amidine groups is 1. The molecule has 3 heterocycles. The van der Waals surface area contributed by atoms with E-state index in [2.05, 4.69) is 20.9 Å². The zero-order chi connectivity index (χ0) is 17.5. The zero-order valence-corrected chi connectivity index (χ0v) is 14.2. The number of hydrogen-bond donors (Lipinski definition) is 0. The first-order chi connectivity index (χ1) is 11.3. The second-order valence-electron chi connectivity index (χ2n) is 6.81. The Labute approximate surface area is 142 Å². The molecule has 0 amide bonds. The van der Waals surface area contributed by atoms with Crippen LogP contribution in [0.5, 0.6) is 0 Å². The summed E-state index contributed by atoms with van der Waals surface area (Å²) in [7, 11) is 0. The molecule has 2 aromatic heterocycles. The third kappa shape index (κ3) is 2.45. The van der Waals surface area contributed by atoms with Crippen LogP contribution in [-0.2, 0) is 5.21 Å². The standard InChI is InChI=1S/C19H19N4O/c1-6-13-9-7-10-14(20-13)15-11-8-12-16(21-15)17-22-18(2,3)19(4,5)23(17)24/h1,7-12H,2-5H3. The van der Waals surface area contributed by atoms with Crippen LogP contribution >= 0.6 is 0 Å². The molecule has 0 spiro atoms. The number of aromatic nitrogens is 2. The lowest BCUT2D eigenvalue weighted by molar-refractivity contribution is -0.158. The SMILES string of the molecule is C#Cc1cccc(-c2cccc(C3=NC(C)(C)C(C)(C)N3[O])n2)n1. The van der Waals surface area contributed by atoms with Crippen LogP contribution in [0.3, 0.4) is 0 Å². The third-order valence-electron chi connectivity index (χ3n) is 4.72. The minimum atomic E-state index is -0.637. The molecule has 1 aliphatic heterocycles. The monoisotopic (exact) mass is 319 g/mol. The van der Waals surface area contributed by atoms with Gasteiger partial charge in [0.25, 0.3) is 0 Å². The zero-order valence-electron chi connectivity index (χ0n) is 14.2. The van der Waals surface area contributed by atoms with Crippen molar-refractivity contribution in [1.82, 2.24) is 15.0 Å². The van der Waals surface area contributed by atoms with E-state index in [-0.39, 0.29) is 0 Å². The highest BCUT2D eigenvalue weighted by molar-refractivity contribution is 5.99. The predicted octanol–water partition coefficient (Wildman–Crippen LogP) is 3.09. The highest BCUT2D eigenvalue weighted by Gasteiger charge is 2.50. The van der Waals surface area contributed by atoms with Crippen LogP contribution in [0.2, 0.25) is 0 Å². The van der Waals surface area contributed by atoms with Gasteiger partial charge in [-0.3, -0.25) is 4.99 Å². The summed E-state index contributed by atoms with van der Waals surface area (Å²) in [6, 6.07) is 10.9. The van der Waals surface area contributed by atoms with E-state index in [1.54, 1.807) is 12.1 Å². The molecule has 2 aromatic rings. The van der Waals surface area contributed by atoms with Crippen molar-refractivity contribution in [3.63, 3.8) is 0 Å². The van der Waals surface area contributed by atoms with Crippen molar-refractivity contribution in [2.45, 2.75) is 38.8 Å². The molecule has 5 nitrogen and oxygen atoms in total. The predicted molar refractivity (Wildman–Crippen MR) is 92.6 cm³/mol. The summed E-state index contributed by atoms with van der Waals surface area (Å²) in [6.45, 7) is 7.68. The second kappa shape index (κ2) is 5.43. The molecule has 0 N–H and O–H groups in total. The van der Waals surface area contributed by atoms with Crippen molar-refractivity contribution in [3.05, 3.63) is 47.8 Å². The van der Waals surface area contributed by atoms with Gasteiger partial charge in [0, 0.05) is 0 Å². The third-order valence-corrected chi connectivity index (χ3v) is 4.72. The van der Waals surface area contributed by atoms with Gasteiger partial charge in [0.05, 0.1) is 22.5 Å². The van der Waals surface area contributed by atoms with E-state index in [1.165, 1.54) is 0 Å². The summed E-state index contributed by atoms with van der Waals surface area (Å²) < 4.78 is 0. The lowest BCUT2D eigenvalue weighted by Crippen LogP contribution is -2.50. The molecule has 0 fully saturated rings. The number of hydroxylamine groups is 2. The van der Waals surface area contributed by atoms with Crippen molar-refractivity contribution in [2.75, 3.05) is 0 Å². The van der Waals surface area contributed by atoms with Crippen molar-refractivity contribution in [1.29, 1.82) is 0 Å². The molecule has 24 heavy (non-hydrogen) atoms. The van der Waals surface area contributed by atoms with Crippen LogP contribution in [-0.4, -0.2) is 31.9 Å². The summed E-state index contributed by atoms with van der Waals surface area (Å²) >= 11 is 0. The maximum atomic E-state index is 12.7. The Kier molecular flexibility index (Phi) is 3.66. The number of hydrogen-bond acceptors (Lipinski definition) is 4. The van der Waals surface area contributed by atoms with Gasteiger partial charge in [-0.05, 0) is 52.0 Å². The van der Waals surface area contributed by atoms with Crippen molar-refractivity contribution in [2.24, 2.45) is 4.99 Å². The Morgan fingerprint density at radius 1 is 0.958 bits per heavy atom. The average molecular weight is 319 g/mol. The maximum Gasteiger partial charge on any atom is 0.178 e. The largest absolute Gasteiger partial charge is 0.256 e. The van der Waals surface area contributed by atoms with Gasteiger partial charge >= 0.3 is 0 Å². The first-order valence-electron chi connectivity index (χ1n) is 7.75. The number of pyridine rings is 2. The Bertz CT molecular complexity index is 862. The summed E-state index contributed by atoms with van der Waals surface area (Å²) in [6.07, 6.45) is 5.40. The van der Waals surface area contributed by atoms with E-state index in [0.29, 0.717) is 28.6 Å². The fourth-order valence-electron chi connectivity index (χ4n) is 2.48. The highest BCUT2D eigenvalue weighted by Crippen LogP contribution is 2.37. The van der Waals surface area contributed by atoms with Gasteiger partial charge in [-0.15, -0.1) is 6.42 Å². The Morgan fingerprint density at radius 3 is 2.12 bits per heavy atom. The molecule has 0 aliphatic carbocycles. The fourth-order valence-corrected chi connectivity index (χ4v) is 2.48. The number of aliphatic imine (C=N–C) groups is 1. The van der Waals surface area contributed by atoms with Crippen molar-refractivity contribution < 1.29 is 5.21 Å². The number of terminal acetylenes is 1. The Hall–Kier alpha value is -2.71. The molecule has 1 radical (unpaired) electrons. The Morgan fingerprint density at radius 2 is 1.54 bits per heavy atom.